The van der Waals surface area contributed by atoms with Crippen molar-refractivity contribution in [2.45, 2.75) is 45.7 Å². The summed E-state index contributed by atoms with van der Waals surface area (Å²) in [5.74, 6) is 0. The van der Waals surface area contributed by atoms with E-state index in [0.29, 0.717) is 18.0 Å². The van der Waals surface area contributed by atoms with Crippen LogP contribution in [0.25, 0.3) is 0 Å². The Balaban J connectivity index is 2.36. The molecule has 1 heterocycles. The largest absolute Gasteiger partial charge is 0.270 e. The molecule has 0 spiro atoms. The van der Waals surface area contributed by atoms with Crippen LogP contribution in [-0.4, -0.2) is 29.0 Å². The van der Waals surface area contributed by atoms with Gasteiger partial charge in [0.25, 0.3) is 0 Å². The summed E-state index contributed by atoms with van der Waals surface area (Å²) in [6.45, 7) is 9.32. The summed E-state index contributed by atoms with van der Waals surface area (Å²) >= 11 is 3.33. The summed E-state index contributed by atoms with van der Waals surface area (Å²) in [4.78, 5) is 0.306. The van der Waals surface area contributed by atoms with E-state index in [4.69, 9.17) is 0 Å². The Labute approximate surface area is 146 Å². The van der Waals surface area contributed by atoms with E-state index in [1.165, 1.54) is 4.31 Å². The topological polar surface area (TPSA) is 55.2 Å². The molecule has 0 aliphatic heterocycles. The lowest BCUT2D eigenvalue weighted by atomic mass is 10.2. The van der Waals surface area contributed by atoms with Crippen LogP contribution in [0.2, 0.25) is 0 Å². The van der Waals surface area contributed by atoms with Gasteiger partial charge in [-0.05, 0) is 45.0 Å². The standard InChI is InChI=1S/C16H22BrN3O2S/c1-5-19(11-16-12(3)18-20(6-2)13(16)4)23(21,22)15-9-7-14(17)8-10-15/h7-10H,5-6,11H2,1-4H3. The monoisotopic (exact) mass is 399 g/mol. The van der Waals surface area contributed by atoms with Crippen LogP contribution in [0.15, 0.2) is 33.6 Å². The minimum absolute atomic E-state index is 0.306. The zero-order valence-electron chi connectivity index (χ0n) is 13.9. The van der Waals surface area contributed by atoms with Gasteiger partial charge in [0.1, 0.15) is 0 Å². The predicted molar refractivity (Wildman–Crippen MR) is 94.8 cm³/mol. The zero-order valence-corrected chi connectivity index (χ0v) is 16.3. The lowest BCUT2D eigenvalue weighted by Gasteiger charge is -2.21. The Morgan fingerprint density at radius 1 is 1.17 bits per heavy atom. The van der Waals surface area contributed by atoms with E-state index < -0.39 is 10.0 Å². The number of benzene rings is 1. The van der Waals surface area contributed by atoms with Crippen LogP contribution >= 0.6 is 15.9 Å². The van der Waals surface area contributed by atoms with Crippen molar-refractivity contribution in [2.24, 2.45) is 0 Å². The number of halogens is 1. The number of rotatable bonds is 6. The summed E-state index contributed by atoms with van der Waals surface area (Å²) in [5.41, 5.74) is 2.89. The summed E-state index contributed by atoms with van der Waals surface area (Å²) in [7, 11) is -3.52. The number of aromatic nitrogens is 2. The molecule has 0 atom stereocenters. The van der Waals surface area contributed by atoms with Crippen molar-refractivity contribution in [3.63, 3.8) is 0 Å². The minimum Gasteiger partial charge on any atom is -0.270 e. The van der Waals surface area contributed by atoms with Crippen LogP contribution in [-0.2, 0) is 23.1 Å². The van der Waals surface area contributed by atoms with E-state index in [2.05, 4.69) is 21.0 Å². The Hall–Kier alpha value is -1.18. The van der Waals surface area contributed by atoms with Crippen LogP contribution in [0, 0.1) is 13.8 Å². The van der Waals surface area contributed by atoms with E-state index in [1.807, 2.05) is 32.4 Å². The molecule has 0 aliphatic carbocycles. The van der Waals surface area contributed by atoms with Gasteiger partial charge < -0.3 is 0 Å². The zero-order chi connectivity index (χ0) is 17.2. The third-order valence-electron chi connectivity index (χ3n) is 3.97. The molecule has 23 heavy (non-hydrogen) atoms. The second kappa shape index (κ2) is 7.15. The maximum absolute atomic E-state index is 12.9. The molecule has 0 radical (unpaired) electrons. The molecule has 0 fully saturated rings. The van der Waals surface area contributed by atoms with Crippen LogP contribution in [0.4, 0.5) is 0 Å². The van der Waals surface area contributed by atoms with Gasteiger partial charge in [0, 0.05) is 35.4 Å². The first kappa shape index (κ1) is 18.2. The van der Waals surface area contributed by atoms with E-state index in [9.17, 15) is 8.42 Å². The molecular formula is C16H22BrN3O2S. The Morgan fingerprint density at radius 2 is 1.78 bits per heavy atom. The second-order valence-electron chi connectivity index (χ2n) is 5.35. The maximum atomic E-state index is 12.9. The van der Waals surface area contributed by atoms with Crippen molar-refractivity contribution in [3.05, 3.63) is 45.7 Å². The van der Waals surface area contributed by atoms with Gasteiger partial charge in [0.05, 0.1) is 10.6 Å². The normalized spacial score (nSPS) is 12.1. The van der Waals surface area contributed by atoms with Crippen molar-refractivity contribution < 1.29 is 8.42 Å². The lowest BCUT2D eigenvalue weighted by molar-refractivity contribution is 0.421. The fourth-order valence-electron chi connectivity index (χ4n) is 2.57. The molecule has 0 saturated carbocycles. The number of nitrogens with zero attached hydrogens (tertiary/aromatic N) is 3. The molecule has 1 aromatic heterocycles. The average molecular weight is 400 g/mol. The lowest BCUT2D eigenvalue weighted by Crippen LogP contribution is -2.30. The van der Waals surface area contributed by atoms with Crippen molar-refractivity contribution >= 4 is 26.0 Å². The molecule has 0 saturated heterocycles. The van der Waals surface area contributed by atoms with E-state index in [1.54, 1.807) is 24.3 Å². The number of aryl methyl sites for hydroxylation is 2. The van der Waals surface area contributed by atoms with Gasteiger partial charge in [0.15, 0.2) is 0 Å². The molecule has 2 rings (SSSR count). The number of hydrogen-bond donors (Lipinski definition) is 0. The van der Waals surface area contributed by atoms with E-state index in [-0.39, 0.29) is 0 Å². The van der Waals surface area contributed by atoms with Crippen molar-refractivity contribution in [3.8, 4) is 0 Å². The van der Waals surface area contributed by atoms with Crippen LogP contribution in [0.3, 0.4) is 0 Å². The predicted octanol–water partition coefficient (Wildman–Crippen LogP) is 3.49. The summed E-state index contributed by atoms with van der Waals surface area (Å²) in [5, 5.41) is 4.47. The fraction of sp³-hybridized carbons (Fsp3) is 0.438. The number of sulfonamides is 1. The third kappa shape index (κ3) is 3.67. The van der Waals surface area contributed by atoms with Crippen molar-refractivity contribution in [1.29, 1.82) is 0 Å². The van der Waals surface area contributed by atoms with E-state index >= 15 is 0 Å². The average Bonchev–Trinajstić information content (AvgIpc) is 2.79. The smallest absolute Gasteiger partial charge is 0.243 e. The maximum Gasteiger partial charge on any atom is 0.243 e. The second-order valence-corrected chi connectivity index (χ2v) is 8.20. The molecule has 126 valence electrons. The van der Waals surface area contributed by atoms with Gasteiger partial charge >= 0.3 is 0 Å². The molecule has 0 aliphatic rings. The molecule has 0 amide bonds. The first-order valence-corrected chi connectivity index (χ1v) is 9.83. The first-order valence-electron chi connectivity index (χ1n) is 7.59. The molecule has 7 heteroatoms. The van der Waals surface area contributed by atoms with Gasteiger partial charge in [-0.15, -0.1) is 0 Å². The molecule has 2 aromatic rings. The summed E-state index contributed by atoms with van der Waals surface area (Å²) < 4.78 is 30.0. The Bertz CT molecular complexity index is 782. The van der Waals surface area contributed by atoms with E-state index in [0.717, 1.165) is 28.0 Å². The van der Waals surface area contributed by atoms with Crippen molar-refractivity contribution in [1.82, 2.24) is 14.1 Å². The van der Waals surface area contributed by atoms with Gasteiger partial charge in [0.2, 0.25) is 10.0 Å². The first-order chi connectivity index (χ1) is 10.8. The number of hydrogen-bond acceptors (Lipinski definition) is 3. The fourth-order valence-corrected chi connectivity index (χ4v) is 4.25. The Kier molecular flexibility index (Phi) is 5.65. The highest BCUT2D eigenvalue weighted by molar-refractivity contribution is 9.10. The Morgan fingerprint density at radius 3 is 2.26 bits per heavy atom. The third-order valence-corrected chi connectivity index (χ3v) is 6.43. The van der Waals surface area contributed by atoms with Crippen LogP contribution in [0.1, 0.15) is 30.8 Å². The molecular weight excluding hydrogens is 378 g/mol. The highest BCUT2D eigenvalue weighted by atomic mass is 79.9. The van der Waals surface area contributed by atoms with Gasteiger partial charge in [-0.2, -0.15) is 9.40 Å². The minimum atomic E-state index is -3.52. The molecule has 0 N–H and O–H groups in total. The molecule has 1 aromatic carbocycles. The van der Waals surface area contributed by atoms with Gasteiger partial charge in [-0.1, -0.05) is 22.9 Å². The van der Waals surface area contributed by atoms with Crippen LogP contribution < -0.4 is 0 Å². The SMILES string of the molecule is CCN(Cc1c(C)nn(CC)c1C)S(=O)(=O)c1ccc(Br)cc1. The van der Waals surface area contributed by atoms with Gasteiger partial charge in [-0.3, -0.25) is 4.68 Å². The summed E-state index contributed by atoms with van der Waals surface area (Å²) in [6.07, 6.45) is 0. The molecule has 0 bridgehead atoms. The summed E-state index contributed by atoms with van der Waals surface area (Å²) in [6, 6.07) is 6.73. The van der Waals surface area contributed by atoms with Crippen LogP contribution in [0.5, 0.6) is 0 Å². The molecule has 0 unspecified atom stereocenters. The van der Waals surface area contributed by atoms with Crippen molar-refractivity contribution in [2.75, 3.05) is 6.54 Å². The highest BCUT2D eigenvalue weighted by Crippen LogP contribution is 2.23. The van der Waals surface area contributed by atoms with Gasteiger partial charge in [-0.25, -0.2) is 8.42 Å². The highest BCUT2D eigenvalue weighted by Gasteiger charge is 2.25. The molecule has 5 nitrogen and oxygen atoms in total. The quantitative estimate of drug-likeness (QED) is 0.746.